The summed E-state index contributed by atoms with van der Waals surface area (Å²) in [4.78, 5) is 12.1. The number of rotatable bonds is 6. The Balaban J connectivity index is 1.47. The van der Waals surface area contributed by atoms with Gasteiger partial charge in [0.1, 0.15) is 16.5 Å². The first kappa shape index (κ1) is 24.0. The van der Waals surface area contributed by atoms with Crippen molar-refractivity contribution >= 4 is 21.6 Å². The van der Waals surface area contributed by atoms with Crippen LogP contribution >= 0.6 is 0 Å². The zero-order valence-electron chi connectivity index (χ0n) is 18.8. The molecule has 0 atom stereocenters. The SMILES string of the molecule is Cc1ccc(NC(=O)c2ccc(F)c(S(=O)(=O)N3CCC(Cc4ccccc4)CC3)c2)cc1F. The molecule has 4 rings (SSSR count). The van der Waals surface area contributed by atoms with Gasteiger partial charge in [0.15, 0.2) is 0 Å². The molecule has 8 heteroatoms. The molecule has 1 aliphatic rings. The first-order chi connectivity index (χ1) is 16.2. The predicted molar refractivity (Wildman–Crippen MR) is 127 cm³/mol. The summed E-state index contributed by atoms with van der Waals surface area (Å²) in [6, 6.07) is 17.5. The van der Waals surface area contributed by atoms with Crippen LogP contribution in [0.15, 0.2) is 71.6 Å². The van der Waals surface area contributed by atoms with Gasteiger partial charge in [-0.15, -0.1) is 0 Å². The third-order valence-corrected chi connectivity index (χ3v) is 8.10. The van der Waals surface area contributed by atoms with Crippen molar-refractivity contribution in [2.45, 2.75) is 31.1 Å². The van der Waals surface area contributed by atoms with Crippen LogP contribution in [-0.2, 0) is 16.4 Å². The van der Waals surface area contributed by atoms with E-state index in [0.717, 1.165) is 18.6 Å². The molecule has 3 aromatic rings. The molecule has 1 heterocycles. The molecule has 0 unspecified atom stereocenters. The number of nitrogens with zero attached hydrogens (tertiary/aromatic N) is 1. The summed E-state index contributed by atoms with van der Waals surface area (Å²) in [7, 11) is -4.11. The summed E-state index contributed by atoms with van der Waals surface area (Å²) >= 11 is 0. The Bertz CT molecular complexity index is 1290. The molecule has 1 fully saturated rings. The van der Waals surface area contributed by atoms with E-state index >= 15 is 0 Å². The number of aryl methyl sites for hydroxylation is 1. The number of anilines is 1. The van der Waals surface area contributed by atoms with Gasteiger partial charge in [-0.3, -0.25) is 4.79 Å². The lowest BCUT2D eigenvalue weighted by Crippen LogP contribution is -2.39. The van der Waals surface area contributed by atoms with E-state index in [1.807, 2.05) is 18.2 Å². The van der Waals surface area contributed by atoms with Gasteiger partial charge in [0.05, 0.1) is 0 Å². The van der Waals surface area contributed by atoms with Gasteiger partial charge in [0.25, 0.3) is 5.91 Å². The second-order valence-corrected chi connectivity index (χ2v) is 10.5. The fourth-order valence-electron chi connectivity index (χ4n) is 4.16. The van der Waals surface area contributed by atoms with Gasteiger partial charge in [-0.25, -0.2) is 17.2 Å². The van der Waals surface area contributed by atoms with Crippen LogP contribution in [0.1, 0.15) is 34.3 Å². The number of sulfonamides is 1. The third-order valence-electron chi connectivity index (χ3n) is 6.18. The number of hydrogen-bond acceptors (Lipinski definition) is 3. The van der Waals surface area contributed by atoms with Crippen LogP contribution in [0.5, 0.6) is 0 Å². The maximum absolute atomic E-state index is 14.6. The van der Waals surface area contributed by atoms with Crippen molar-refractivity contribution in [3.05, 3.63) is 95.1 Å². The van der Waals surface area contributed by atoms with E-state index in [1.54, 1.807) is 6.92 Å². The number of halogens is 2. The first-order valence-corrected chi connectivity index (χ1v) is 12.6. The molecule has 3 aromatic carbocycles. The van der Waals surface area contributed by atoms with Gasteiger partial charge in [-0.2, -0.15) is 4.31 Å². The smallest absolute Gasteiger partial charge is 0.255 e. The molecular formula is C26H26F2N2O3S. The first-order valence-electron chi connectivity index (χ1n) is 11.1. The molecule has 0 radical (unpaired) electrons. The fraction of sp³-hybridized carbons (Fsp3) is 0.269. The van der Waals surface area contributed by atoms with Gasteiger partial charge in [0, 0.05) is 24.3 Å². The average Bonchev–Trinajstić information content (AvgIpc) is 2.82. The zero-order valence-corrected chi connectivity index (χ0v) is 19.6. The molecule has 34 heavy (non-hydrogen) atoms. The number of piperidine rings is 1. The van der Waals surface area contributed by atoms with Crippen molar-refractivity contribution in [1.29, 1.82) is 0 Å². The number of amides is 1. The highest BCUT2D eigenvalue weighted by atomic mass is 32.2. The lowest BCUT2D eigenvalue weighted by Gasteiger charge is -2.31. The summed E-state index contributed by atoms with van der Waals surface area (Å²) < 4.78 is 56.0. The van der Waals surface area contributed by atoms with Gasteiger partial charge in [0.2, 0.25) is 10.0 Å². The Morgan fingerprint density at radius 1 is 0.971 bits per heavy atom. The minimum Gasteiger partial charge on any atom is -0.322 e. The van der Waals surface area contributed by atoms with E-state index in [-0.39, 0.29) is 11.3 Å². The van der Waals surface area contributed by atoms with Crippen molar-refractivity contribution in [1.82, 2.24) is 4.31 Å². The quantitative estimate of drug-likeness (QED) is 0.525. The van der Waals surface area contributed by atoms with Crippen LogP contribution in [-0.4, -0.2) is 31.7 Å². The highest BCUT2D eigenvalue weighted by molar-refractivity contribution is 7.89. The topological polar surface area (TPSA) is 66.5 Å². The number of hydrogen-bond donors (Lipinski definition) is 1. The molecule has 0 bridgehead atoms. The van der Waals surface area contributed by atoms with Gasteiger partial charge < -0.3 is 5.32 Å². The molecule has 5 nitrogen and oxygen atoms in total. The average molecular weight is 485 g/mol. The van der Waals surface area contributed by atoms with E-state index in [4.69, 9.17) is 0 Å². The Morgan fingerprint density at radius 3 is 2.35 bits per heavy atom. The Labute approximate surface area is 198 Å². The van der Waals surface area contributed by atoms with E-state index < -0.39 is 32.5 Å². The molecule has 0 aliphatic carbocycles. The maximum atomic E-state index is 14.6. The van der Waals surface area contributed by atoms with Crippen LogP contribution in [0.3, 0.4) is 0 Å². The van der Waals surface area contributed by atoms with E-state index in [1.165, 1.54) is 34.1 Å². The Morgan fingerprint density at radius 2 is 1.68 bits per heavy atom. The number of carbonyl (C=O) groups is 1. The summed E-state index contributed by atoms with van der Waals surface area (Å²) in [6.07, 6.45) is 2.22. The van der Waals surface area contributed by atoms with Gasteiger partial charge in [-0.1, -0.05) is 36.4 Å². The minimum absolute atomic E-state index is 0.0279. The second kappa shape index (κ2) is 10.0. The molecule has 1 N–H and O–H groups in total. The zero-order chi connectivity index (χ0) is 24.3. The lowest BCUT2D eigenvalue weighted by molar-refractivity contribution is 0.102. The Hall–Kier alpha value is -3.10. The van der Waals surface area contributed by atoms with E-state index in [0.29, 0.717) is 37.4 Å². The number of benzene rings is 3. The summed E-state index contributed by atoms with van der Waals surface area (Å²) in [6.45, 7) is 2.18. The highest BCUT2D eigenvalue weighted by Crippen LogP contribution is 2.28. The Kier molecular flexibility index (Phi) is 7.09. The third kappa shape index (κ3) is 5.34. The molecule has 0 saturated carbocycles. The summed E-state index contributed by atoms with van der Waals surface area (Å²) in [5.41, 5.74) is 1.84. The molecular weight excluding hydrogens is 458 g/mol. The monoisotopic (exact) mass is 484 g/mol. The molecule has 1 amide bonds. The normalized spacial score (nSPS) is 15.3. The molecule has 0 aromatic heterocycles. The molecule has 178 valence electrons. The van der Waals surface area contributed by atoms with Gasteiger partial charge >= 0.3 is 0 Å². The molecule has 1 aliphatic heterocycles. The largest absolute Gasteiger partial charge is 0.322 e. The molecule has 1 saturated heterocycles. The number of nitrogens with one attached hydrogen (secondary N) is 1. The lowest BCUT2D eigenvalue weighted by atomic mass is 9.91. The van der Waals surface area contributed by atoms with Crippen LogP contribution < -0.4 is 5.32 Å². The minimum atomic E-state index is -4.11. The second-order valence-electron chi connectivity index (χ2n) is 8.60. The van der Waals surface area contributed by atoms with Crippen molar-refractivity contribution in [2.75, 3.05) is 18.4 Å². The van der Waals surface area contributed by atoms with Crippen molar-refractivity contribution in [3.63, 3.8) is 0 Å². The fourth-order valence-corrected chi connectivity index (χ4v) is 5.72. The van der Waals surface area contributed by atoms with Crippen molar-refractivity contribution in [3.8, 4) is 0 Å². The summed E-state index contributed by atoms with van der Waals surface area (Å²) in [5.74, 6) is -1.69. The summed E-state index contributed by atoms with van der Waals surface area (Å²) in [5, 5.41) is 2.52. The van der Waals surface area contributed by atoms with E-state index in [9.17, 15) is 22.0 Å². The van der Waals surface area contributed by atoms with Crippen molar-refractivity contribution in [2.24, 2.45) is 5.92 Å². The van der Waals surface area contributed by atoms with Crippen LogP contribution in [0.2, 0.25) is 0 Å². The highest BCUT2D eigenvalue weighted by Gasteiger charge is 2.32. The van der Waals surface area contributed by atoms with Gasteiger partial charge in [-0.05, 0) is 73.6 Å². The van der Waals surface area contributed by atoms with E-state index in [2.05, 4.69) is 17.4 Å². The maximum Gasteiger partial charge on any atom is 0.255 e. The van der Waals surface area contributed by atoms with Crippen LogP contribution in [0.25, 0.3) is 0 Å². The van der Waals surface area contributed by atoms with Crippen molar-refractivity contribution < 1.29 is 22.0 Å². The predicted octanol–water partition coefficient (Wildman–Crippen LogP) is 5.17. The van der Waals surface area contributed by atoms with Crippen LogP contribution in [0.4, 0.5) is 14.5 Å². The standard InChI is InChI=1S/C26H26F2N2O3S/c1-18-7-9-22(17-24(18)28)29-26(31)21-8-10-23(27)25(16-21)34(32,33)30-13-11-20(12-14-30)15-19-5-3-2-4-6-19/h2-10,16-17,20H,11-15H2,1H3,(H,29,31). The number of carbonyl (C=O) groups excluding carboxylic acids is 1. The van der Waals surface area contributed by atoms with Crippen LogP contribution in [0, 0.1) is 24.5 Å². The molecule has 0 spiro atoms.